The first kappa shape index (κ1) is 19.1. The normalized spacial score (nSPS) is 31.3. The molecule has 4 rings (SSSR count). The van der Waals surface area contributed by atoms with Crippen molar-refractivity contribution in [2.75, 3.05) is 0 Å². The Balaban J connectivity index is 1.98. The first-order valence-corrected chi connectivity index (χ1v) is 8.76. The summed E-state index contributed by atoms with van der Waals surface area (Å²) in [7, 11) is 0. The van der Waals surface area contributed by atoms with E-state index in [0.717, 1.165) is 12.1 Å². The van der Waals surface area contributed by atoms with Crippen LogP contribution in [0.25, 0.3) is 5.76 Å². The zero-order chi connectivity index (χ0) is 21.4. The molecule has 0 aliphatic heterocycles. The van der Waals surface area contributed by atoms with Crippen molar-refractivity contribution in [1.29, 1.82) is 0 Å². The van der Waals surface area contributed by atoms with Gasteiger partial charge in [-0.2, -0.15) is 0 Å². The van der Waals surface area contributed by atoms with Crippen LogP contribution in [0.3, 0.4) is 0 Å². The average Bonchev–Trinajstić information content (AvgIpc) is 2.65. The minimum Gasteiger partial charge on any atom is -0.508 e. The van der Waals surface area contributed by atoms with E-state index >= 15 is 0 Å². The molecule has 29 heavy (non-hydrogen) atoms. The maximum absolute atomic E-state index is 14.3. The number of halogens is 1. The predicted octanol–water partition coefficient (Wildman–Crippen LogP) is -0.500. The lowest BCUT2D eigenvalue weighted by Crippen LogP contribution is -2.65. The van der Waals surface area contributed by atoms with Crippen molar-refractivity contribution >= 4 is 23.2 Å². The Kier molecular flexibility index (Phi) is 3.87. The molecule has 0 spiro atoms. The van der Waals surface area contributed by atoms with Crippen LogP contribution < -0.4 is 11.5 Å². The van der Waals surface area contributed by atoms with Crippen molar-refractivity contribution in [3.05, 3.63) is 46.0 Å². The Bertz CT molecular complexity index is 1080. The van der Waals surface area contributed by atoms with Gasteiger partial charge in [0.1, 0.15) is 28.7 Å². The summed E-state index contributed by atoms with van der Waals surface area (Å²) in [6.07, 6.45) is -0.277. The molecule has 1 saturated carbocycles. The fourth-order valence-corrected chi connectivity index (χ4v) is 4.68. The molecule has 9 nitrogen and oxygen atoms in total. The van der Waals surface area contributed by atoms with Crippen molar-refractivity contribution < 1.29 is 39.2 Å². The van der Waals surface area contributed by atoms with Gasteiger partial charge in [0.15, 0.2) is 11.4 Å². The lowest BCUT2D eigenvalue weighted by Gasteiger charge is -2.48. The number of fused-ring (bicyclic) bond motifs is 3. The molecule has 0 bridgehead atoms. The van der Waals surface area contributed by atoms with Gasteiger partial charge in [-0.25, -0.2) is 4.39 Å². The molecular weight excluding hydrogens is 387 g/mol. The van der Waals surface area contributed by atoms with Gasteiger partial charge < -0.3 is 31.9 Å². The van der Waals surface area contributed by atoms with Gasteiger partial charge in [0.25, 0.3) is 5.91 Å². The Morgan fingerprint density at radius 2 is 1.86 bits per heavy atom. The molecule has 1 aromatic rings. The number of carbonyl (C=O) groups is 3. The summed E-state index contributed by atoms with van der Waals surface area (Å²) in [5, 5.41) is 42.2. The predicted molar refractivity (Wildman–Crippen MR) is 94.7 cm³/mol. The van der Waals surface area contributed by atoms with Crippen LogP contribution in [-0.2, 0) is 20.8 Å². The average molecular weight is 404 g/mol. The number of primary amides is 1. The maximum atomic E-state index is 14.3. The number of rotatable bonds is 1. The highest BCUT2D eigenvalue weighted by Gasteiger charge is 2.63. The third-order valence-corrected chi connectivity index (χ3v) is 6.08. The summed E-state index contributed by atoms with van der Waals surface area (Å²) in [5.74, 6) is -8.88. The molecule has 0 unspecified atom stereocenters. The van der Waals surface area contributed by atoms with Gasteiger partial charge in [-0.05, 0) is 30.9 Å². The number of carbonyl (C=O) groups excluding carboxylic acids is 3. The number of phenolic OH excluding ortho intramolecular Hbond substituents is 1. The molecule has 8 N–H and O–H groups in total. The zero-order valence-electron chi connectivity index (χ0n) is 14.8. The number of phenols is 1. The number of aromatic hydroxyl groups is 1. The van der Waals surface area contributed by atoms with E-state index in [4.69, 9.17) is 11.5 Å². The number of amides is 1. The van der Waals surface area contributed by atoms with Crippen molar-refractivity contribution in [1.82, 2.24) is 0 Å². The number of benzene rings is 1. The highest BCUT2D eigenvalue weighted by atomic mass is 19.1. The Labute approximate surface area is 162 Å². The molecule has 1 fully saturated rings. The van der Waals surface area contributed by atoms with Crippen LogP contribution in [-0.4, -0.2) is 49.5 Å². The van der Waals surface area contributed by atoms with E-state index in [0.29, 0.717) is 0 Å². The molecule has 0 heterocycles. The molecule has 4 atom stereocenters. The van der Waals surface area contributed by atoms with E-state index in [-0.39, 0.29) is 29.5 Å². The van der Waals surface area contributed by atoms with E-state index in [1.165, 1.54) is 0 Å². The number of ketones is 2. The Morgan fingerprint density at radius 3 is 2.48 bits per heavy atom. The fraction of sp³-hybridized carbons (Fsp3) is 0.316. The second-order valence-corrected chi connectivity index (χ2v) is 7.50. The summed E-state index contributed by atoms with van der Waals surface area (Å²) < 4.78 is 14.3. The van der Waals surface area contributed by atoms with E-state index < -0.39 is 69.6 Å². The fourth-order valence-electron chi connectivity index (χ4n) is 4.68. The summed E-state index contributed by atoms with van der Waals surface area (Å²) in [6, 6.07) is 0.492. The molecule has 1 amide bonds. The van der Waals surface area contributed by atoms with Crippen LogP contribution in [0, 0.1) is 17.7 Å². The second-order valence-electron chi connectivity index (χ2n) is 7.50. The highest BCUT2D eigenvalue weighted by Crippen LogP contribution is 2.51. The Hall–Kier alpha value is -3.24. The van der Waals surface area contributed by atoms with Crippen molar-refractivity contribution in [3.8, 4) is 5.75 Å². The van der Waals surface area contributed by atoms with Crippen LogP contribution in [0.1, 0.15) is 17.5 Å². The molecular formula is C19H17FN2O7. The van der Waals surface area contributed by atoms with E-state index in [2.05, 4.69) is 0 Å². The van der Waals surface area contributed by atoms with E-state index in [1.54, 1.807) is 0 Å². The maximum Gasteiger partial charge on any atom is 0.255 e. The van der Waals surface area contributed by atoms with Gasteiger partial charge >= 0.3 is 0 Å². The summed E-state index contributed by atoms with van der Waals surface area (Å²) in [6.45, 7) is 0. The lowest BCUT2D eigenvalue weighted by molar-refractivity contribution is -0.149. The van der Waals surface area contributed by atoms with Gasteiger partial charge in [0.2, 0.25) is 5.78 Å². The van der Waals surface area contributed by atoms with Gasteiger partial charge in [-0.1, -0.05) is 0 Å². The van der Waals surface area contributed by atoms with E-state index in [1.807, 2.05) is 0 Å². The number of aliphatic hydroxyl groups is 3. The molecule has 10 heteroatoms. The largest absolute Gasteiger partial charge is 0.508 e. The van der Waals surface area contributed by atoms with Gasteiger partial charge in [-0.15, -0.1) is 0 Å². The van der Waals surface area contributed by atoms with E-state index in [9.17, 15) is 39.2 Å². The molecule has 0 saturated heterocycles. The molecule has 3 aliphatic carbocycles. The topological polar surface area (TPSA) is 184 Å². The monoisotopic (exact) mass is 404 g/mol. The van der Waals surface area contributed by atoms with Gasteiger partial charge in [0.05, 0.1) is 11.6 Å². The molecule has 3 aliphatic rings. The number of hydrogen-bond acceptors (Lipinski definition) is 8. The number of hydrogen-bond donors (Lipinski definition) is 6. The minimum atomic E-state index is -2.77. The number of aliphatic hydroxyl groups excluding tert-OH is 2. The summed E-state index contributed by atoms with van der Waals surface area (Å²) in [4.78, 5) is 37.2. The Morgan fingerprint density at radius 1 is 1.21 bits per heavy atom. The number of nitrogens with two attached hydrogens (primary N) is 2. The van der Waals surface area contributed by atoms with Crippen molar-refractivity contribution in [2.45, 2.75) is 24.5 Å². The molecule has 0 radical (unpaired) electrons. The molecule has 152 valence electrons. The van der Waals surface area contributed by atoms with Gasteiger partial charge in [-0.3, -0.25) is 14.4 Å². The quantitative estimate of drug-likeness (QED) is 0.338. The minimum absolute atomic E-state index is 0.0252. The first-order valence-electron chi connectivity index (χ1n) is 8.76. The number of Topliss-reactive ketones (excluding diaryl/α,β-unsaturated/α-hetero) is 2. The lowest BCUT2D eigenvalue weighted by atomic mass is 9.58. The van der Waals surface area contributed by atoms with Crippen LogP contribution in [0.5, 0.6) is 5.75 Å². The zero-order valence-corrected chi connectivity index (χ0v) is 14.8. The SMILES string of the molecule is NC(=O)C1=C(O)[C@@]2(O)C(=O)C3=C(O)c4c(O)ccc(F)c4C[C@H]3C[C@H]2[C@H](N)C1=O. The van der Waals surface area contributed by atoms with Crippen molar-refractivity contribution in [3.63, 3.8) is 0 Å². The molecule has 0 aromatic heterocycles. The second kappa shape index (κ2) is 5.88. The standard InChI is InChI=1S/C19H17FN2O7/c20-8-1-2-9(23)11-6(8)3-5-4-7-13(21)15(25)12(18(22)28)17(27)19(7,29)16(26)10(5)14(11)24/h1-2,5,7,13,23-24,27,29H,3-4,21H2,(H2,22,28)/t5-,7-,13-,19-/m0/s1. The van der Waals surface area contributed by atoms with Crippen molar-refractivity contribution in [2.24, 2.45) is 23.3 Å². The first-order chi connectivity index (χ1) is 13.5. The van der Waals surface area contributed by atoms with Gasteiger partial charge in [0, 0.05) is 17.1 Å². The summed E-state index contributed by atoms with van der Waals surface area (Å²) >= 11 is 0. The molecule has 1 aromatic carbocycles. The van der Waals surface area contributed by atoms with Crippen LogP contribution in [0.15, 0.2) is 29.0 Å². The highest BCUT2D eigenvalue weighted by molar-refractivity contribution is 6.24. The third kappa shape index (κ3) is 2.23. The van der Waals surface area contributed by atoms with Crippen LogP contribution >= 0.6 is 0 Å². The van der Waals surface area contributed by atoms with Crippen LogP contribution in [0.2, 0.25) is 0 Å². The summed E-state index contributed by atoms with van der Waals surface area (Å²) in [5.41, 5.74) is 6.56. The third-order valence-electron chi connectivity index (χ3n) is 6.08. The smallest absolute Gasteiger partial charge is 0.255 e. The van der Waals surface area contributed by atoms with Crippen LogP contribution in [0.4, 0.5) is 4.39 Å².